The minimum absolute atomic E-state index is 0.701. The fourth-order valence-corrected chi connectivity index (χ4v) is 2.36. The summed E-state index contributed by atoms with van der Waals surface area (Å²) in [5.74, 6) is 0. The predicted molar refractivity (Wildman–Crippen MR) is 81.6 cm³/mol. The smallest absolute Gasteiger partial charge is 0.0644 e. The van der Waals surface area contributed by atoms with Crippen LogP contribution in [0.5, 0.6) is 0 Å². The van der Waals surface area contributed by atoms with Crippen molar-refractivity contribution in [3.05, 3.63) is 65.3 Å². The van der Waals surface area contributed by atoms with E-state index < -0.39 is 0 Å². The van der Waals surface area contributed by atoms with Gasteiger partial charge >= 0.3 is 0 Å². The van der Waals surface area contributed by atoms with Gasteiger partial charge in [0, 0.05) is 40.9 Å². The molecule has 0 atom stereocenters. The van der Waals surface area contributed by atoms with Crippen molar-refractivity contribution in [1.82, 2.24) is 4.57 Å². The minimum atomic E-state index is 0.701. The van der Waals surface area contributed by atoms with Crippen molar-refractivity contribution in [1.29, 1.82) is 0 Å². The fourth-order valence-electron chi connectivity index (χ4n) is 2.18. The molecule has 2 aromatic carbocycles. The van der Waals surface area contributed by atoms with Gasteiger partial charge in [0.25, 0.3) is 0 Å². The molecule has 19 heavy (non-hydrogen) atoms. The number of fused-ring (bicyclic) bond motifs is 1. The van der Waals surface area contributed by atoms with Gasteiger partial charge in [0.05, 0.1) is 5.69 Å². The number of hydrogen-bond donors (Lipinski definition) is 0. The molecule has 1 aromatic heterocycles. The normalized spacial score (nSPS) is 11.5. The van der Waals surface area contributed by atoms with E-state index in [1.165, 1.54) is 10.9 Å². The van der Waals surface area contributed by atoms with Gasteiger partial charge in [-0.3, -0.25) is 4.99 Å². The van der Waals surface area contributed by atoms with E-state index in [1.807, 2.05) is 49.7 Å². The molecule has 0 spiro atoms. The van der Waals surface area contributed by atoms with Gasteiger partial charge in [-0.15, -0.1) is 0 Å². The predicted octanol–water partition coefficient (Wildman–Crippen LogP) is 4.58. The van der Waals surface area contributed by atoms with E-state index in [9.17, 15) is 0 Å². The van der Waals surface area contributed by atoms with Crippen LogP contribution in [0.15, 0.2) is 59.7 Å². The zero-order valence-corrected chi connectivity index (χ0v) is 11.3. The van der Waals surface area contributed by atoms with Crippen LogP contribution in [0, 0.1) is 0 Å². The fraction of sp³-hybridized carbons (Fsp3) is 0.0625. The number of para-hydroxylation sites is 1. The van der Waals surface area contributed by atoms with Gasteiger partial charge in [0.15, 0.2) is 0 Å². The molecule has 0 N–H and O–H groups in total. The summed E-state index contributed by atoms with van der Waals surface area (Å²) in [4.78, 5) is 4.48. The van der Waals surface area contributed by atoms with Crippen molar-refractivity contribution in [2.75, 3.05) is 0 Å². The molecular weight excluding hydrogens is 256 g/mol. The topological polar surface area (TPSA) is 17.3 Å². The van der Waals surface area contributed by atoms with Crippen LogP contribution in [-0.2, 0) is 7.05 Å². The van der Waals surface area contributed by atoms with Gasteiger partial charge in [0.1, 0.15) is 0 Å². The van der Waals surface area contributed by atoms with Crippen LogP contribution in [-0.4, -0.2) is 10.8 Å². The van der Waals surface area contributed by atoms with Crippen LogP contribution in [0.2, 0.25) is 5.02 Å². The maximum absolute atomic E-state index is 5.95. The molecule has 94 valence electrons. The molecule has 0 amide bonds. The third kappa shape index (κ3) is 2.40. The van der Waals surface area contributed by atoms with E-state index in [1.54, 1.807) is 0 Å². The highest BCUT2D eigenvalue weighted by Gasteiger charge is 2.03. The summed E-state index contributed by atoms with van der Waals surface area (Å²) >= 11 is 5.95. The Kier molecular flexibility index (Phi) is 3.10. The molecule has 0 aliphatic rings. The van der Waals surface area contributed by atoms with E-state index in [0.717, 1.165) is 11.3 Å². The molecule has 0 radical (unpaired) electrons. The van der Waals surface area contributed by atoms with Crippen LogP contribution in [0.25, 0.3) is 10.9 Å². The Bertz CT molecular complexity index is 756. The molecule has 0 fully saturated rings. The first-order chi connectivity index (χ1) is 9.24. The Morgan fingerprint density at radius 1 is 1.11 bits per heavy atom. The van der Waals surface area contributed by atoms with Crippen molar-refractivity contribution in [2.24, 2.45) is 12.0 Å². The number of benzene rings is 2. The average molecular weight is 269 g/mol. The SMILES string of the molecule is Cn1cc(C=Nc2cccc(Cl)c2)c2ccccc21. The van der Waals surface area contributed by atoms with Crippen molar-refractivity contribution < 1.29 is 0 Å². The van der Waals surface area contributed by atoms with Crippen LogP contribution in [0.3, 0.4) is 0 Å². The van der Waals surface area contributed by atoms with E-state index >= 15 is 0 Å². The van der Waals surface area contributed by atoms with E-state index in [0.29, 0.717) is 5.02 Å². The second-order valence-corrected chi connectivity index (χ2v) is 4.89. The lowest BCUT2D eigenvalue weighted by molar-refractivity contribution is 0.968. The van der Waals surface area contributed by atoms with Crippen molar-refractivity contribution in [3.8, 4) is 0 Å². The molecule has 2 nitrogen and oxygen atoms in total. The lowest BCUT2D eigenvalue weighted by Gasteiger charge is -1.94. The van der Waals surface area contributed by atoms with E-state index in [2.05, 4.69) is 27.9 Å². The number of nitrogens with zero attached hydrogens (tertiary/aromatic N) is 2. The second-order valence-electron chi connectivity index (χ2n) is 4.45. The second kappa shape index (κ2) is 4.90. The maximum atomic E-state index is 5.95. The van der Waals surface area contributed by atoms with Crippen LogP contribution >= 0.6 is 11.6 Å². The molecule has 3 heteroatoms. The number of aryl methyl sites for hydroxylation is 1. The summed E-state index contributed by atoms with van der Waals surface area (Å²) in [5, 5.41) is 1.91. The molecular formula is C16H13ClN2. The molecule has 0 saturated heterocycles. The standard InChI is InChI=1S/C16H13ClN2/c1-19-11-12(15-7-2-3-8-16(15)19)10-18-14-6-4-5-13(17)9-14/h2-11H,1H3. The zero-order chi connectivity index (χ0) is 13.2. The number of rotatable bonds is 2. The summed E-state index contributed by atoms with van der Waals surface area (Å²) in [5.41, 5.74) is 3.17. The van der Waals surface area contributed by atoms with Crippen molar-refractivity contribution >= 4 is 34.4 Å². The lowest BCUT2D eigenvalue weighted by atomic mass is 10.2. The van der Waals surface area contributed by atoms with Gasteiger partial charge in [0.2, 0.25) is 0 Å². The summed E-state index contributed by atoms with van der Waals surface area (Å²) in [6, 6.07) is 15.8. The Hall–Kier alpha value is -2.06. The third-order valence-corrected chi connectivity index (χ3v) is 3.32. The van der Waals surface area contributed by atoms with Gasteiger partial charge in [-0.1, -0.05) is 35.9 Å². The summed E-state index contributed by atoms with van der Waals surface area (Å²) in [6.45, 7) is 0. The molecule has 3 aromatic rings. The monoisotopic (exact) mass is 268 g/mol. The number of hydrogen-bond acceptors (Lipinski definition) is 1. The van der Waals surface area contributed by atoms with Gasteiger partial charge in [-0.25, -0.2) is 0 Å². The lowest BCUT2D eigenvalue weighted by Crippen LogP contribution is -1.82. The molecule has 0 aliphatic heterocycles. The molecule has 0 saturated carbocycles. The molecule has 0 aliphatic carbocycles. The largest absolute Gasteiger partial charge is 0.350 e. The summed E-state index contributed by atoms with van der Waals surface area (Å²) in [6.07, 6.45) is 3.96. The van der Waals surface area contributed by atoms with Crippen molar-refractivity contribution in [2.45, 2.75) is 0 Å². The molecule has 3 rings (SSSR count). The van der Waals surface area contributed by atoms with Gasteiger partial charge in [-0.2, -0.15) is 0 Å². The van der Waals surface area contributed by atoms with Crippen molar-refractivity contribution in [3.63, 3.8) is 0 Å². The third-order valence-electron chi connectivity index (χ3n) is 3.09. The van der Waals surface area contributed by atoms with E-state index in [-0.39, 0.29) is 0 Å². The molecule has 0 bridgehead atoms. The first kappa shape index (κ1) is 12.0. The minimum Gasteiger partial charge on any atom is -0.350 e. The highest BCUT2D eigenvalue weighted by molar-refractivity contribution is 6.30. The average Bonchev–Trinajstić information content (AvgIpc) is 2.74. The Morgan fingerprint density at radius 3 is 2.79 bits per heavy atom. The Balaban J connectivity index is 2.02. The maximum Gasteiger partial charge on any atom is 0.0644 e. The van der Waals surface area contributed by atoms with Crippen LogP contribution in [0.1, 0.15) is 5.56 Å². The number of halogens is 1. The highest BCUT2D eigenvalue weighted by atomic mass is 35.5. The Morgan fingerprint density at radius 2 is 1.95 bits per heavy atom. The van der Waals surface area contributed by atoms with Gasteiger partial charge in [-0.05, 0) is 24.3 Å². The summed E-state index contributed by atoms with van der Waals surface area (Å²) < 4.78 is 2.11. The van der Waals surface area contributed by atoms with Crippen LogP contribution in [0.4, 0.5) is 5.69 Å². The summed E-state index contributed by atoms with van der Waals surface area (Å²) in [7, 11) is 2.04. The molecule has 0 unspecified atom stereocenters. The zero-order valence-electron chi connectivity index (χ0n) is 10.5. The first-order valence-corrected chi connectivity index (χ1v) is 6.45. The molecule has 1 heterocycles. The van der Waals surface area contributed by atoms with Gasteiger partial charge < -0.3 is 4.57 Å². The number of aromatic nitrogens is 1. The van der Waals surface area contributed by atoms with E-state index in [4.69, 9.17) is 11.6 Å². The van der Waals surface area contributed by atoms with Crippen LogP contribution < -0.4 is 0 Å². The highest BCUT2D eigenvalue weighted by Crippen LogP contribution is 2.21. The first-order valence-electron chi connectivity index (χ1n) is 6.08. The Labute approximate surface area is 117 Å². The number of aliphatic imine (C=N–C) groups is 1. The quantitative estimate of drug-likeness (QED) is 0.605.